The van der Waals surface area contributed by atoms with E-state index in [4.69, 9.17) is 0 Å². The zero-order valence-corrected chi connectivity index (χ0v) is 13.5. The minimum atomic E-state index is -0.420. The molecule has 120 valence electrons. The molecule has 0 radical (unpaired) electrons. The highest BCUT2D eigenvalue weighted by molar-refractivity contribution is 6.05. The van der Waals surface area contributed by atoms with Crippen LogP contribution in [0, 0.1) is 0 Å². The van der Waals surface area contributed by atoms with E-state index in [1.165, 1.54) is 4.90 Å². The number of amides is 2. The summed E-state index contributed by atoms with van der Waals surface area (Å²) in [6.07, 6.45) is 0.235. The predicted octanol–water partition coefficient (Wildman–Crippen LogP) is 2.53. The summed E-state index contributed by atoms with van der Waals surface area (Å²) in [7, 11) is 0. The topological polar surface area (TPSA) is 49.4 Å². The van der Waals surface area contributed by atoms with Crippen LogP contribution in [0.1, 0.15) is 17.5 Å². The van der Waals surface area contributed by atoms with Gasteiger partial charge < -0.3 is 5.32 Å². The maximum absolute atomic E-state index is 12.4. The van der Waals surface area contributed by atoms with E-state index in [0.29, 0.717) is 13.1 Å². The number of benzene rings is 2. The number of likely N-dealkylation sites (tertiary alicyclic amines) is 1. The fourth-order valence-corrected chi connectivity index (χ4v) is 2.61. The molecule has 0 bridgehead atoms. The van der Waals surface area contributed by atoms with Crippen LogP contribution in [0.3, 0.4) is 0 Å². The molecule has 1 N–H and O–H groups in total. The van der Waals surface area contributed by atoms with Gasteiger partial charge in [-0.15, -0.1) is 12.4 Å². The fraction of sp³-hybridized carbons (Fsp3) is 0.222. The summed E-state index contributed by atoms with van der Waals surface area (Å²) < 4.78 is 0. The molecule has 2 amide bonds. The van der Waals surface area contributed by atoms with Crippen molar-refractivity contribution < 1.29 is 9.59 Å². The molecular formula is C18H19ClN2O2. The minimum Gasteiger partial charge on any atom is -0.301 e. The lowest BCUT2D eigenvalue weighted by molar-refractivity contribution is -0.139. The van der Waals surface area contributed by atoms with Crippen LogP contribution in [0.5, 0.6) is 0 Å². The van der Waals surface area contributed by atoms with Crippen molar-refractivity contribution in [3.8, 4) is 0 Å². The lowest BCUT2D eigenvalue weighted by atomic mass is 10.2. The van der Waals surface area contributed by atoms with Gasteiger partial charge in [-0.1, -0.05) is 60.7 Å². The second kappa shape index (κ2) is 7.90. The first-order valence-corrected chi connectivity index (χ1v) is 7.39. The lowest BCUT2D eigenvalue weighted by Crippen LogP contribution is -2.38. The van der Waals surface area contributed by atoms with Crippen LogP contribution < -0.4 is 5.32 Å². The van der Waals surface area contributed by atoms with Gasteiger partial charge in [0.1, 0.15) is 0 Å². The molecule has 0 spiro atoms. The quantitative estimate of drug-likeness (QED) is 0.857. The van der Waals surface area contributed by atoms with E-state index >= 15 is 0 Å². The van der Waals surface area contributed by atoms with Crippen molar-refractivity contribution in [1.82, 2.24) is 10.2 Å². The van der Waals surface area contributed by atoms with E-state index in [1.807, 2.05) is 60.7 Å². The molecule has 4 nitrogen and oxygen atoms in total. The molecule has 2 aromatic rings. The van der Waals surface area contributed by atoms with E-state index in [-0.39, 0.29) is 30.6 Å². The molecule has 1 atom stereocenters. The molecule has 1 aliphatic rings. The summed E-state index contributed by atoms with van der Waals surface area (Å²) in [6.45, 7) is 0.936. The molecule has 0 aromatic heterocycles. The summed E-state index contributed by atoms with van der Waals surface area (Å²) in [5, 5.41) is 3.18. The first-order chi connectivity index (χ1) is 10.7. The van der Waals surface area contributed by atoms with Gasteiger partial charge in [0.05, 0.1) is 19.0 Å². The SMILES string of the molecule is Cl.O=C1CC(NCc2ccccc2)C(=O)N1Cc1ccccc1. The second-order valence-electron chi connectivity index (χ2n) is 5.43. The normalized spacial score (nSPS) is 17.2. The van der Waals surface area contributed by atoms with E-state index in [9.17, 15) is 9.59 Å². The molecule has 1 aliphatic heterocycles. The smallest absolute Gasteiger partial charge is 0.247 e. The van der Waals surface area contributed by atoms with Gasteiger partial charge in [-0.25, -0.2) is 0 Å². The molecule has 2 aromatic carbocycles. The Morgan fingerprint density at radius 2 is 1.48 bits per heavy atom. The van der Waals surface area contributed by atoms with E-state index in [1.54, 1.807) is 0 Å². The predicted molar refractivity (Wildman–Crippen MR) is 90.9 cm³/mol. The highest BCUT2D eigenvalue weighted by Crippen LogP contribution is 2.17. The highest BCUT2D eigenvalue weighted by Gasteiger charge is 2.37. The molecule has 0 aliphatic carbocycles. The molecule has 1 heterocycles. The Hall–Kier alpha value is -2.17. The number of nitrogens with one attached hydrogen (secondary N) is 1. The van der Waals surface area contributed by atoms with Crippen LogP contribution >= 0.6 is 12.4 Å². The van der Waals surface area contributed by atoms with Crippen molar-refractivity contribution in [2.45, 2.75) is 25.6 Å². The molecular weight excluding hydrogens is 312 g/mol. The highest BCUT2D eigenvalue weighted by atomic mass is 35.5. The Bertz CT molecular complexity index is 661. The second-order valence-corrected chi connectivity index (χ2v) is 5.43. The van der Waals surface area contributed by atoms with Crippen molar-refractivity contribution in [2.24, 2.45) is 0 Å². The van der Waals surface area contributed by atoms with Crippen LogP contribution in [0.15, 0.2) is 60.7 Å². The summed E-state index contributed by atoms with van der Waals surface area (Å²) >= 11 is 0. The van der Waals surface area contributed by atoms with Gasteiger partial charge in [-0.05, 0) is 11.1 Å². The number of hydrogen-bond donors (Lipinski definition) is 1. The van der Waals surface area contributed by atoms with Crippen LogP contribution in [0.4, 0.5) is 0 Å². The number of imide groups is 1. The summed E-state index contributed by atoms with van der Waals surface area (Å²) in [4.78, 5) is 25.8. The van der Waals surface area contributed by atoms with E-state index in [2.05, 4.69) is 5.32 Å². The van der Waals surface area contributed by atoms with Crippen molar-refractivity contribution >= 4 is 24.2 Å². The van der Waals surface area contributed by atoms with E-state index in [0.717, 1.165) is 11.1 Å². The van der Waals surface area contributed by atoms with Crippen molar-refractivity contribution in [3.63, 3.8) is 0 Å². The molecule has 3 rings (SSSR count). The average molecular weight is 331 g/mol. The third-order valence-electron chi connectivity index (χ3n) is 3.82. The Morgan fingerprint density at radius 1 is 0.913 bits per heavy atom. The number of halogens is 1. The maximum Gasteiger partial charge on any atom is 0.247 e. The first-order valence-electron chi connectivity index (χ1n) is 7.39. The van der Waals surface area contributed by atoms with Gasteiger partial charge in [-0.3, -0.25) is 14.5 Å². The monoisotopic (exact) mass is 330 g/mol. The zero-order chi connectivity index (χ0) is 15.4. The number of rotatable bonds is 5. The minimum absolute atomic E-state index is 0. The number of carbonyl (C=O) groups excluding carboxylic acids is 2. The van der Waals surface area contributed by atoms with Crippen LogP contribution in [-0.2, 0) is 22.7 Å². The average Bonchev–Trinajstić information content (AvgIpc) is 2.82. The lowest BCUT2D eigenvalue weighted by Gasteiger charge is -2.15. The molecule has 1 saturated heterocycles. The van der Waals surface area contributed by atoms with Gasteiger partial charge in [0, 0.05) is 6.54 Å². The van der Waals surface area contributed by atoms with Crippen LogP contribution in [-0.4, -0.2) is 22.8 Å². The Balaban J connectivity index is 0.00000192. The molecule has 5 heteroatoms. The van der Waals surface area contributed by atoms with Gasteiger partial charge in [-0.2, -0.15) is 0 Å². The Labute approximate surface area is 141 Å². The largest absolute Gasteiger partial charge is 0.301 e. The van der Waals surface area contributed by atoms with Crippen molar-refractivity contribution in [1.29, 1.82) is 0 Å². The molecule has 1 unspecified atom stereocenters. The summed E-state index contributed by atoms with van der Waals surface area (Å²) in [5.74, 6) is -0.246. The number of hydrogen-bond acceptors (Lipinski definition) is 3. The fourth-order valence-electron chi connectivity index (χ4n) is 2.61. The van der Waals surface area contributed by atoms with Gasteiger partial charge >= 0.3 is 0 Å². The van der Waals surface area contributed by atoms with Crippen molar-refractivity contribution in [3.05, 3.63) is 71.8 Å². The maximum atomic E-state index is 12.4. The summed E-state index contributed by atoms with van der Waals surface area (Å²) in [5.41, 5.74) is 2.07. The molecule has 23 heavy (non-hydrogen) atoms. The standard InChI is InChI=1S/C18H18N2O2.ClH/c21-17-11-16(19-12-14-7-3-1-4-8-14)18(22)20(17)13-15-9-5-2-6-10-15;/h1-10,16,19H,11-13H2;1H. The van der Waals surface area contributed by atoms with Gasteiger partial charge in [0.15, 0.2) is 0 Å². The third-order valence-corrected chi connectivity index (χ3v) is 3.82. The summed E-state index contributed by atoms with van der Waals surface area (Å²) in [6, 6.07) is 19.0. The molecule has 1 fully saturated rings. The van der Waals surface area contributed by atoms with Gasteiger partial charge in [0.2, 0.25) is 11.8 Å². The van der Waals surface area contributed by atoms with Gasteiger partial charge in [0.25, 0.3) is 0 Å². The Morgan fingerprint density at radius 3 is 2.09 bits per heavy atom. The number of carbonyl (C=O) groups is 2. The van der Waals surface area contributed by atoms with Crippen LogP contribution in [0.25, 0.3) is 0 Å². The van der Waals surface area contributed by atoms with Crippen molar-refractivity contribution in [2.75, 3.05) is 0 Å². The third kappa shape index (κ3) is 4.18. The zero-order valence-electron chi connectivity index (χ0n) is 12.6. The first kappa shape index (κ1) is 17.2. The Kier molecular flexibility index (Phi) is 5.90. The molecule has 0 saturated carbocycles. The van der Waals surface area contributed by atoms with Crippen LogP contribution in [0.2, 0.25) is 0 Å². The van der Waals surface area contributed by atoms with E-state index < -0.39 is 6.04 Å². The number of nitrogens with zero attached hydrogens (tertiary/aromatic N) is 1.